The molecular formula is C63H39N5O. The molecule has 322 valence electrons. The Bertz CT molecular complexity index is 4290. The van der Waals surface area contributed by atoms with Gasteiger partial charge in [0.15, 0.2) is 11.6 Å². The quantitative estimate of drug-likeness (QED) is 0.160. The fourth-order valence-corrected chi connectivity index (χ4v) is 10.5. The highest BCUT2D eigenvalue weighted by atomic mass is 16.3. The van der Waals surface area contributed by atoms with Crippen molar-refractivity contribution in [3.05, 3.63) is 237 Å². The van der Waals surface area contributed by atoms with Crippen LogP contribution in [0.5, 0.6) is 0 Å². The summed E-state index contributed by atoms with van der Waals surface area (Å²) >= 11 is 0. The maximum Gasteiger partial charge on any atom is 0.238 e. The van der Waals surface area contributed by atoms with Gasteiger partial charge in [-0.15, -0.1) is 0 Å². The van der Waals surface area contributed by atoms with E-state index in [1.54, 1.807) is 0 Å². The predicted molar refractivity (Wildman–Crippen MR) is 283 cm³/mol. The van der Waals surface area contributed by atoms with E-state index in [9.17, 15) is 0 Å². The normalized spacial score (nSPS) is 11.8. The van der Waals surface area contributed by atoms with E-state index in [1.807, 2.05) is 36.4 Å². The second-order valence-corrected chi connectivity index (χ2v) is 17.5. The van der Waals surface area contributed by atoms with Crippen molar-refractivity contribution in [1.82, 2.24) is 24.1 Å². The van der Waals surface area contributed by atoms with Gasteiger partial charge >= 0.3 is 0 Å². The molecule has 14 aromatic rings. The van der Waals surface area contributed by atoms with Crippen molar-refractivity contribution in [2.24, 2.45) is 0 Å². The summed E-state index contributed by atoms with van der Waals surface area (Å²) in [6.07, 6.45) is 0. The minimum absolute atomic E-state index is 0.527. The lowest BCUT2D eigenvalue weighted by Crippen LogP contribution is -2.07. The summed E-state index contributed by atoms with van der Waals surface area (Å²) in [7, 11) is 0. The molecule has 0 bridgehead atoms. The van der Waals surface area contributed by atoms with Crippen molar-refractivity contribution < 1.29 is 4.42 Å². The summed E-state index contributed by atoms with van der Waals surface area (Å²) in [5.41, 5.74) is 15.5. The average Bonchev–Trinajstić information content (AvgIpc) is 4.09. The van der Waals surface area contributed by atoms with E-state index in [-0.39, 0.29) is 0 Å². The molecule has 0 amide bonds. The molecule has 0 saturated heterocycles. The third-order valence-corrected chi connectivity index (χ3v) is 13.6. The summed E-state index contributed by atoms with van der Waals surface area (Å²) in [6, 6.07) is 83.4. The molecule has 0 radical (unpaired) electrons. The minimum Gasteiger partial charge on any atom is -0.456 e. The van der Waals surface area contributed by atoms with E-state index in [0.717, 1.165) is 110 Å². The first-order valence-corrected chi connectivity index (χ1v) is 23.3. The predicted octanol–water partition coefficient (Wildman–Crippen LogP) is 16.3. The first-order valence-electron chi connectivity index (χ1n) is 23.3. The van der Waals surface area contributed by atoms with Gasteiger partial charge in [0.25, 0.3) is 0 Å². The largest absolute Gasteiger partial charge is 0.456 e. The summed E-state index contributed by atoms with van der Waals surface area (Å²) in [5.74, 6) is 1.67. The van der Waals surface area contributed by atoms with Crippen LogP contribution in [-0.4, -0.2) is 24.1 Å². The Balaban J connectivity index is 1.08. The Kier molecular flexibility index (Phi) is 8.79. The maximum atomic E-state index is 6.50. The number of nitrogens with zero attached hydrogens (tertiary/aromatic N) is 5. The van der Waals surface area contributed by atoms with Gasteiger partial charge in [0, 0.05) is 49.0 Å². The molecule has 0 aliphatic rings. The van der Waals surface area contributed by atoms with Crippen LogP contribution in [-0.2, 0) is 0 Å². The van der Waals surface area contributed by atoms with E-state index in [4.69, 9.17) is 19.4 Å². The monoisotopic (exact) mass is 881 g/mol. The number of hydrogen-bond donors (Lipinski definition) is 0. The molecule has 0 unspecified atom stereocenters. The van der Waals surface area contributed by atoms with E-state index in [1.165, 1.54) is 5.56 Å². The molecule has 0 aliphatic carbocycles. The van der Waals surface area contributed by atoms with Gasteiger partial charge < -0.3 is 8.98 Å². The first-order chi connectivity index (χ1) is 34.2. The van der Waals surface area contributed by atoms with Crippen LogP contribution < -0.4 is 0 Å². The topological polar surface area (TPSA) is 61.7 Å². The minimum atomic E-state index is 0.527. The maximum absolute atomic E-state index is 6.50. The van der Waals surface area contributed by atoms with Crippen molar-refractivity contribution in [1.29, 1.82) is 0 Å². The zero-order valence-corrected chi connectivity index (χ0v) is 37.2. The third-order valence-electron chi connectivity index (χ3n) is 13.6. The molecule has 0 aliphatic heterocycles. The Morgan fingerprint density at radius 1 is 0.304 bits per heavy atom. The van der Waals surface area contributed by atoms with Gasteiger partial charge in [-0.25, -0.2) is 4.98 Å². The second-order valence-electron chi connectivity index (χ2n) is 17.5. The van der Waals surface area contributed by atoms with Crippen LogP contribution in [0, 0.1) is 0 Å². The van der Waals surface area contributed by atoms with Gasteiger partial charge in [0.05, 0.1) is 27.8 Å². The van der Waals surface area contributed by atoms with Gasteiger partial charge in [-0.05, 0) is 76.3 Å². The lowest BCUT2D eigenvalue weighted by atomic mass is 9.97. The Morgan fingerprint density at radius 3 is 1.51 bits per heavy atom. The molecule has 69 heavy (non-hydrogen) atoms. The summed E-state index contributed by atoms with van der Waals surface area (Å²) < 4.78 is 11.2. The zero-order chi connectivity index (χ0) is 45.4. The van der Waals surface area contributed by atoms with Crippen molar-refractivity contribution in [2.45, 2.75) is 0 Å². The molecule has 6 nitrogen and oxygen atoms in total. The number of rotatable bonds is 7. The summed E-state index contributed by atoms with van der Waals surface area (Å²) in [5, 5.41) is 6.57. The van der Waals surface area contributed by atoms with Crippen LogP contribution >= 0.6 is 0 Å². The highest BCUT2D eigenvalue weighted by Gasteiger charge is 2.25. The molecule has 0 saturated carbocycles. The smallest absolute Gasteiger partial charge is 0.238 e. The van der Waals surface area contributed by atoms with Gasteiger partial charge in [-0.1, -0.05) is 188 Å². The van der Waals surface area contributed by atoms with E-state index < -0.39 is 0 Å². The van der Waals surface area contributed by atoms with Crippen molar-refractivity contribution in [3.63, 3.8) is 0 Å². The molecular weight excluding hydrogens is 843 g/mol. The SMILES string of the molecule is c1ccc(-c2ccc(-n3c4ccccc4c4ccc5c6ccccc6n(-c6nc(-c7ccccc7)nc(-c7ccc8oc9cccc(-c%10ccccc%10)c9c8c7)n6)c5c43)c(-c3ccccc3)c2)cc1. The lowest BCUT2D eigenvalue weighted by molar-refractivity contribution is 0.669. The second kappa shape index (κ2) is 15.6. The van der Waals surface area contributed by atoms with Crippen LogP contribution in [0.25, 0.3) is 133 Å². The fourth-order valence-electron chi connectivity index (χ4n) is 10.5. The Hall–Kier alpha value is -9.39. The standard InChI is InChI=1S/C63H39N5O/c1-5-18-40(19-6-1)44-32-36-55(51(38-44)42-22-9-3-10-23-42)67-53-29-15-13-26-47(53)49-34-35-50-48-27-14-16-30-54(48)68(60(50)59(49)67)63-65-61(43-24-11-4-12-25-43)64-62(66-63)45-33-37-56-52(39-45)58-46(28-17-31-57(58)69-56)41-20-7-2-8-21-41/h1-39H. The number of para-hydroxylation sites is 2. The number of aromatic nitrogens is 5. The van der Waals surface area contributed by atoms with E-state index >= 15 is 0 Å². The van der Waals surface area contributed by atoms with Crippen molar-refractivity contribution in [2.75, 3.05) is 0 Å². The van der Waals surface area contributed by atoms with Crippen molar-refractivity contribution in [3.8, 4) is 67.8 Å². The third kappa shape index (κ3) is 6.23. The Morgan fingerprint density at radius 2 is 0.841 bits per heavy atom. The number of furan rings is 1. The molecule has 10 aromatic carbocycles. The van der Waals surface area contributed by atoms with Crippen LogP contribution in [0.2, 0.25) is 0 Å². The number of hydrogen-bond acceptors (Lipinski definition) is 4. The van der Waals surface area contributed by atoms with Gasteiger partial charge in [0.2, 0.25) is 5.95 Å². The zero-order valence-electron chi connectivity index (χ0n) is 37.2. The fraction of sp³-hybridized carbons (Fsp3) is 0. The van der Waals surface area contributed by atoms with Crippen LogP contribution in [0.15, 0.2) is 241 Å². The lowest BCUT2D eigenvalue weighted by Gasteiger charge is -2.17. The average molecular weight is 882 g/mol. The molecule has 4 aromatic heterocycles. The molecule has 4 heterocycles. The molecule has 0 spiro atoms. The van der Waals surface area contributed by atoms with Gasteiger partial charge in [0.1, 0.15) is 11.2 Å². The van der Waals surface area contributed by atoms with Crippen LogP contribution in [0.1, 0.15) is 0 Å². The molecule has 14 rings (SSSR count). The van der Waals surface area contributed by atoms with Crippen LogP contribution in [0.3, 0.4) is 0 Å². The van der Waals surface area contributed by atoms with Gasteiger partial charge in [-0.2, -0.15) is 9.97 Å². The van der Waals surface area contributed by atoms with E-state index in [0.29, 0.717) is 17.6 Å². The van der Waals surface area contributed by atoms with Crippen LogP contribution in [0.4, 0.5) is 0 Å². The molecule has 0 N–H and O–H groups in total. The highest BCUT2D eigenvalue weighted by Crippen LogP contribution is 2.44. The van der Waals surface area contributed by atoms with E-state index in [2.05, 4.69) is 209 Å². The highest BCUT2D eigenvalue weighted by molar-refractivity contribution is 6.24. The summed E-state index contributed by atoms with van der Waals surface area (Å²) in [6.45, 7) is 0. The van der Waals surface area contributed by atoms with Crippen molar-refractivity contribution >= 4 is 65.6 Å². The number of fused-ring (bicyclic) bond motifs is 10. The Labute approximate surface area is 396 Å². The molecule has 6 heteroatoms. The first kappa shape index (κ1) is 38.8. The number of benzene rings is 10. The van der Waals surface area contributed by atoms with Gasteiger partial charge in [-0.3, -0.25) is 4.57 Å². The molecule has 0 fully saturated rings. The summed E-state index contributed by atoms with van der Waals surface area (Å²) in [4.78, 5) is 16.2. The molecule has 0 atom stereocenters.